The number of carbonyl (C=O) groups excluding carboxylic acids is 3. The summed E-state index contributed by atoms with van der Waals surface area (Å²) in [6.45, 7) is 22.8. The minimum Gasteiger partial charge on any atom is -0.376 e. The van der Waals surface area contributed by atoms with E-state index in [1.165, 1.54) is 45.1 Å². The molecular formula is C37H76N3O4+. The minimum absolute atomic E-state index is 0.0549. The van der Waals surface area contributed by atoms with Crippen LogP contribution in [-0.2, 0) is 19.1 Å². The van der Waals surface area contributed by atoms with Gasteiger partial charge in [-0.05, 0) is 64.2 Å². The molecule has 0 aliphatic heterocycles. The van der Waals surface area contributed by atoms with E-state index in [1.54, 1.807) is 0 Å². The third kappa shape index (κ3) is 28.0. The molecule has 0 aliphatic rings. The van der Waals surface area contributed by atoms with Gasteiger partial charge in [-0.25, -0.2) is 0 Å². The maximum Gasteiger partial charge on any atom is 0.220 e. The van der Waals surface area contributed by atoms with Crippen LogP contribution in [0.1, 0.15) is 159 Å². The number of Topliss-reactive ketones (excluding diaryl/α,β-unsaturated/α-hetero) is 1. The molecule has 2 amide bonds. The number of unbranched alkanes of at least 4 members (excludes halogenated alkanes) is 6. The second kappa shape index (κ2) is 25.7. The zero-order valence-electron chi connectivity index (χ0n) is 31.3. The highest BCUT2D eigenvalue weighted by Gasteiger charge is 2.23. The van der Waals surface area contributed by atoms with Crippen molar-refractivity contribution in [1.82, 2.24) is 10.6 Å². The van der Waals surface area contributed by atoms with Gasteiger partial charge in [-0.3, -0.25) is 14.4 Å². The molecule has 0 spiro atoms. The molecule has 0 heterocycles. The van der Waals surface area contributed by atoms with Gasteiger partial charge in [-0.1, -0.05) is 74.1 Å². The molecule has 0 aliphatic carbocycles. The highest BCUT2D eigenvalue weighted by Crippen LogP contribution is 2.23. The van der Waals surface area contributed by atoms with Crippen molar-refractivity contribution in [2.45, 2.75) is 164 Å². The Morgan fingerprint density at radius 2 is 1.25 bits per heavy atom. The predicted molar refractivity (Wildman–Crippen MR) is 188 cm³/mol. The Morgan fingerprint density at radius 3 is 1.89 bits per heavy atom. The summed E-state index contributed by atoms with van der Waals surface area (Å²) in [5, 5.41) is 6.14. The van der Waals surface area contributed by atoms with Crippen LogP contribution in [0.15, 0.2) is 0 Å². The first-order chi connectivity index (χ1) is 20.6. The lowest BCUT2D eigenvalue weighted by Crippen LogP contribution is -2.41. The van der Waals surface area contributed by atoms with Crippen LogP contribution in [0.2, 0.25) is 0 Å². The van der Waals surface area contributed by atoms with Gasteiger partial charge in [0.15, 0.2) is 0 Å². The van der Waals surface area contributed by atoms with Gasteiger partial charge in [-0.15, -0.1) is 0 Å². The Kier molecular flexibility index (Phi) is 26.1. The summed E-state index contributed by atoms with van der Waals surface area (Å²) in [7, 11) is 4.57. The fourth-order valence-electron chi connectivity index (χ4n) is 4.99. The lowest BCUT2D eigenvalue weighted by atomic mass is 9.89. The third-order valence-electron chi connectivity index (χ3n) is 8.32. The summed E-state index contributed by atoms with van der Waals surface area (Å²) < 4.78 is 7.20. The van der Waals surface area contributed by atoms with Crippen molar-refractivity contribution in [1.29, 1.82) is 0 Å². The molecule has 0 radical (unpaired) electrons. The van der Waals surface area contributed by atoms with Gasteiger partial charge in [-0.2, -0.15) is 0 Å². The number of carbonyl (C=O) groups is 3. The number of hydrogen-bond acceptors (Lipinski definition) is 4. The topological polar surface area (TPSA) is 84.5 Å². The molecule has 2 N–H and O–H groups in total. The number of hydrogen-bond donors (Lipinski definition) is 2. The van der Waals surface area contributed by atoms with Crippen molar-refractivity contribution in [2.75, 3.05) is 46.9 Å². The molecule has 0 unspecified atom stereocenters. The van der Waals surface area contributed by atoms with E-state index < -0.39 is 0 Å². The highest BCUT2D eigenvalue weighted by molar-refractivity contribution is 5.80. The number of ketones is 1. The largest absolute Gasteiger partial charge is 0.376 e. The summed E-state index contributed by atoms with van der Waals surface area (Å²) in [5.41, 5.74) is -0.315. The van der Waals surface area contributed by atoms with Gasteiger partial charge < -0.3 is 19.9 Å². The Bertz CT molecular complexity index is 747. The van der Waals surface area contributed by atoms with Gasteiger partial charge in [0.2, 0.25) is 11.8 Å². The van der Waals surface area contributed by atoms with E-state index in [2.05, 4.69) is 59.3 Å². The standard InChI is InChI=1S/C35H69N3O4.C2H6/c1-10-11-12-13-14-17-26-38(8,9)27-18-22-32(40)36-25-19-23-35(6,7)42-28-24-34(4,5)29-37-33(41)21-16-15-20-31(39)30(2)3;1-2/h30H,10-29H2,1-9H3,(H-,36,37,40,41);1-2H3/p+1. The van der Waals surface area contributed by atoms with E-state index in [1.807, 2.05) is 27.7 Å². The zero-order valence-corrected chi connectivity index (χ0v) is 31.3. The second-order valence-corrected chi connectivity index (χ2v) is 14.8. The Hall–Kier alpha value is -1.47. The maximum absolute atomic E-state index is 12.3. The molecule has 7 nitrogen and oxygen atoms in total. The zero-order chi connectivity index (χ0) is 34.1. The molecule has 262 valence electrons. The minimum atomic E-state index is -0.254. The first kappa shape index (κ1) is 44.7. The van der Waals surface area contributed by atoms with Gasteiger partial charge in [0, 0.05) is 51.3 Å². The van der Waals surface area contributed by atoms with E-state index in [9.17, 15) is 14.4 Å². The Balaban J connectivity index is 0. The van der Waals surface area contributed by atoms with Crippen molar-refractivity contribution < 1.29 is 23.6 Å². The number of quaternary nitrogens is 1. The number of nitrogens with one attached hydrogen (secondary N) is 2. The molecule has 0 atom stereocenters. The van der Waals surface area contributed by atoms with E-state index in [0.29, 0.717) is 39.0 Å². The van der Waals surface area contributed by atoms with E-state index >= 15 is 0 Å². The molecule has 0 aromatic rings. The van der Waals surface area contributed by atoms with Crippen LogP contribution >= 0.6 is 0 Å². The summed E-state index contributed by atoms with van der Waals surface area (Å²) in [4.78, 5) is 36.3. The number of amides is 2. The van der Waals surface area contributed by atoms with Crippen molar-refractivity contribution in [3.63, 3.8) is 0 Å². The molecule has 0 saturated heterocycles. The molecule has 0 saturated carbocycles. The first-order valence-corrected chi connectivity index (χ1v) is 18.1. The highest BCUT2D eigenvalue weighted by atomic mass is 16.5. The van der Waals surface area contributed by atoms with Crippen LogP contribution in [0.3, 0.4) is 0 Å². The van der Waals surface area contributed by atoms with E-state index in [-0.39, 0.29) is 34.5 Å². The van der Waals surface area contributed by atoms with Crippen LogP contribution in [0.25, 0.3) is 0 Å². The smallest absolute Gasteiger partial charge is 0.220 e. The number of rotatable bonds is 27. The first-order valence-electron chi connectivity index (χ1n) is 18.1. The van der Waals surface area contributed by atoms with E-state index in [0.717, 1.165) is 49.6 Å². The normalized spacial score (nSPS) is 12.1. The third-order valence-corrected chi connectivity index (χ3v) is 8.32. The molecule has 44 heavy (non-hydrogen) atoms. The quantitative estimate of drug-likeness (QED) is 0.0710. The number of ether oxygens (including phenoxy) is 1. The molecular weight excluding hydrogens is 550 g/mol. The predicted octanol–water partition coefficient (Wildman–Crippen LogP) is 8.24. The summed E-state index contributed by atoms with van der Waals surface area (Å²) in [5.74, 6) is 0.553. The lowest BCUT2D eigenvalue weighted by molar-refractivity contribution is -0.890. The van der Waals surface area contributed by atoms with Crippen LogP contribution in [0, 0.1) is 11.3 Å². The van der Waals surface area contributed by atoms with Crippen LogP contribution < -0.4 is 10.6 Å². The SMILES string of the molecule is CC.CCCCCCCC[N+](C)(C)CCCC(=O)NCCCC(C)(C)OCCC(C)(C)CNC(=O)CCCCC(=O)C(C)C. The average molecular weight is 627 g/mol. The van der Waals surface area contributed by atoms with Gasteiger partial charge in [0.1, 0.15) is 5.78 Å². The second-order valence-electron chi connectivity index (χ2n) is 14.8. The summed E-state index contributed by atoms with van der Waals surface area (Å²) >= 11 is 0. The van der Waals surface area contributed by atoms with Crippen molar-refractivity contribution in [2.24, 2.45) is 11.3 Å². The van der Waals surface area contributed by atoms with Crippen molar-refractivity contribution >= 4 is 17.6 Å². The number of nitrogens with zero attached hydrogens (tertiary/aromatic N) is 1. The monoisotopic (exact) mass is 627 g/mol. The van der Waals surface area contributed by atoms with Gasteiger partial charge in [0.25, 0.3) is 0 Å². The summed E-state index contributed by atoms with van der Waals surface area (Å²) in [6.07, 6.45) is 14.7. The molecule has 0 aromatic heterocycles. The lowest BCUT2D eigenvalue weighted by Gasteiger charge is -2.30. The summed E-state index contributed by atoms with van der Waals surface area (Å²) in [6, 6.07) is 0. The van der Waals surface area contributed by atoms with Gasteiger partial charge >= 0.3 is 0 Å². The Morgan fingerprint density at radius 1 is 0.705 bits per heavy atom. The maximum atomic E-state index is 12.3. The van der Waals surface area contributed by atoms with Crippen LogP contribution in [0.4, 0.5) is 0 Å². The molecule has 0 rings (SSSR count). The van der Waals surface area contributed by atoms with Crippen LogP contribution in [-0.4, -0.2) is 74.6 Å². The Labute approximate surface area is 274 Å². The fraction of sp³-hybridized carbons (Fsp3) is 0.919. The van der Waals surface area contributed by atoms with Gasteiger partial charge in [0.05, 0.1) is 32.8 Å². The van der Waals surface area contributed by atoms with Crippen molar-refractivity contribution in [3.05, 3.63) is 0 Å². The molecule has 0 aromatic carbocycles. The average Bonchev–Trinajstić information content (AvgIpc) is 2.95. The van der Waals surface area contributed by atoms with Crippen LogP contribution in [0.5, 0.6) is 0 Å². The van der Waals surface area contributed by atoms with Crippen molar-refractivity contribution in [3.8, 4) is 0 Å². The molecule has 0 fully saturated rings. The van der Waals surface area contributed by atoms with E-state index in [4.69, 9.17) is 4.74 Å². The fourth-order valence-corrected chi connectivity index (χ4v) is 4.99. The molecule has 7 heteroatoms. The molecule has 0 bridgehead atoms.